The van der Waals surface area contributed by atoms with E-state index in [0.29, 0.717) is 5.92 Å². The van der Waals surface area contributed by atoms with Crippen LogP contribution in [0.1, 0.15) is 52.5 Å². The van der Waals surface area contributed by atoms with Crippen molar-refractivity contribution < 1.29 is 0 Å². The molecule has 1 heterocycles. The third-order valence-corrected chi connectivity index (χ3v) is 5.45. The van der Waals surface area contributed by atoms with Crippen LogP contribution in [0.15, 0.2) is 23.2 Å². The van der Waals surface area contributed by atoms with Crippen LogP contribution in [-0.2, 0) is 5.41 Å². The molecule has 2 rings (SSSR count). The number of nitrogens with two attached hydrogens (primary N) is 1. The molecular weight excluding hydrogens is 294 g/mol. The van der Waals surface area contributed by atoms with Gasteiger partial charge in [0.05, 0.1) is 11.7 Å². The van der Waals surface area contributed by atoms with Gasteiger partial charge < -0.3 is 11.1 Å². The van der Waals surface area contributed by atoms with Crippen molar-refractivity contribution >= 4 is 23.1 Å². The van der Waals surface area contributed by atoms with Crippen LogP contribution in [0.4, 0.5) is 5.69 Å². The molecule has 0 saturated heterocycles. The molecule has 0 bridgehead atoms. The zero-order chi connectivity index (χ0) is 16.3. The summed E-state index contributed by atoms with van der Waals surface area (Å²) in [5.74, 6) is 1.51. The van der Waals surface area contributed by atoms with E-state index in [9.17, 15) is 0 Å². The van der Waals surface area contributed by atoms with Gasteiger partial charge in [0.2, 0.25) is 0 Å². The van der Waals surface area contributed by atoms with Gasteiger partial charge in [0.1, 0.15) is 5.84 Å². The number of aliphatic imine (C=N–C) groups is 1. The smallest absolute Gasteiger partial charge is 0.120 e. The van der Waals surface area contributed by atoms with Crippen LogP contribution < -0.4 is 11.1 Å². The van der Waals surface area contributed by atoms with Crippen molar-refractivity contribution in [3.8, 4) is 0 Å². The second-order valence-corrected chi connectivity index (χ2v) is 6.83. The van der Waals surface area contributed by atoms with Crippen LogP contribution in [-0.4, -0.2) is 18.4 Å². The van der Waals surface area contributed by atoms with Gasteiger partial charge in [-0.05, 0) is 36.5 Å². The van der Waals surface area contributed by atoms with Crippen molar-refractivity contribution in [1.82, 2.24) is 5.32 Å². The van der Waals surface area contributed by atoms with E-state index < -0.39 is 0 Å². The first-order valence-corrected chi connectivity index (χ1v) is 8.74. The lowest BCUT2D eigenvalue weighted by Gasteiger charge is -2.42. The van der Waals surface area contributed by atoms with Crippen LogP contribution in [0.3, 0.4) is 0 Å². The molecule has 1 aromatic carbocycles. The molecule has 0 aromatic heterocycles. The number of rotatable bonds is 5. The third-order valence-electron chi connectivity index (χ3n) is 5.22. The van der Waals surface area contributed by atoms with Gasteiger partial charge in [0, 0.05) is 17.0 Å². The summed E-state index contributed by atoms with van der Waals surface area (Å²) in [5, 5.41) is 4.21. The second-order valence-electron chi connectivity index (χ2n) is 6.39. The van der Waals surface area contributed by atoms with Crippen LogP contribution >= 0.6 is 11.6 Å². The Morgan fingerprint density at radius 2 is 2.00 bits per heavy atom. The Bertz CT molecular complexity index is 549. The molecule has 0 amide bonds. The van der Waals surface area contributed by atoms with Crippen LogP contribution in [0.2, 0.25) is 5.02 Å². The molecule has 22 heavy (non-hydrogen) atoms. The Morgan fingerprint density at radius 3 is 2.59 bits per heavy atom. The summed E-state index contributed by atoms with van der Waals surface area (Å²) in [4.78, 5) is 4.78. The monoisotopic (exact) mass is 321 g/mol. The number of hydrogen-bond acceptors (Lipinski definition) is 3. The van der Waals surface area contributed by atoms with Crippen molar-refractivity contribution in [2.75, 3.05) is 6.54 Å². The minimum atomic E-state index is -0.0970. The van der Waals surface area contributed by atoms with Gasteiger partial charge >= 0.3 is 0 Å². The molecule has 0 radical (unpaired) electrons. The molecule has 1 aliphatic rings. The lowest BCUT2D eigenvalue weighted by atomic mass is 9.68. The zero-order valence-corrected chi connectivity index (χ0v) is 14.9. The molecule has 4 heteroatoms. The molecule has 2 unspecified atom stereocenters. The van der Waals surface area contributed by atoms with E-state index in [2.05, 4.69) is 39.1 Å². The van der Waals surface area contributed by atoms with E-state index in [1.807, 2.05) is 12.1 Å². The number of benzene rings is 1. The van der Waals surface area contributed by atoms with Crippen LogP contribution in [0.5, 0.6) is 0 Å². The van der Waals surface area contributed by atoms with E-state index >= 15 is 0 Å². The summed E-state index contributed by atoms with van der Waals surface area (Å²) >= 11 is 6.17. The molecular formula is C18H28ClN3. The van der Waals surface area contributed by atoms with E-state index in [1.165, 1.54) is 5.56 Å². The maximum Gasteiger partial charge on any atom is 0.120 e. The fourth-order valence-corrected chi connectivity index (χ4v) is 3.46. The quantitative estimate of drug-likeness (QED) is 0.844. The average Bonchev–Trinajstić information content (AvgIpc) is 2.53. The van der Waals surface area contributed by atoms with E-state index in [0.717, 1.165) is 42.4 Å². The molecule has 3 nitrogen and oxygen atoms in total. The summed E-state index contributed by atoms with van der Waals surface area (Å²) in [6.45, 7) is 9.76. The number of fused-ring (bicyclic) bond motifs is 1. The Labute approximate surface area is 139 Å². The van der Waals surface area contributed by atoms with Gasteiger partial charge in [-0.3, -0.25) is 0 Å². The highest BCUT2D eigenvalue weighted by molar-refractivity contribution is 6.30. The lowest BCUT2D eigenvalue weighted by molar-refractivity contribution is 0.359. The molecule has 0 aliphatic carbocycles. The van der Waals surface area contributed by atoms with Crippen molar-refractivity contribution in [2.45, 2.75) is 58.4 Å². The third kappa shape index (κ3) is 3.02. The van der Waals surface area contributed by atoms with E-state index in [1.54, 1.807) is 0 Å². The first-order valence-electron chi connectivity index (χ1n) is 8.36. The first-order chi connectivity index (χ1) is 10.5. The first kappa shape index (κ1) is 17.3. The van der Waals surface area contributed by atoms with Gasteiger partial charge in [-0.15, -0.1) is 0 Å². The number of hydrogen-bond donors (Lipinski definition) is 2. The number of nitrogens with one attached hydrogen (secondary N) is 1. The summed E-state index contributed by atoms with van der Waals surface area (Å²) in [7, 11) is 0. The molecule has 0 fully saturated rings. The molecule has 3 N–H and O–H groups in total. The highest BCUT2D eigenvalue weighted by Crippen LogP contribution is 2.44. The van der Waals surface area contributed by atoms with Crippen molar-refractivity contribution in [3.05, 3.63) is 28.8 Å². The minimum Gasteiger partial charge on any atom is -0.372 e. The highest BCUT2D eigenvalue weighted by atomic mass is 35.5. The topological polar surface area (TPSA) is 50.4 Å². The number of halogens is 1. The second kappa shape index (κ2) is 7.01. The fraction of sp³-hybridized carbons (Fsp3) is 0.611. The van der Waals surface area contributed by atoms with E-state index in [-0.39, 0.29) is 11.5 Å². The van der Waals surface area contributed by atoms with Gasteiger partial charge in [0.25, 0.3) is 0 Å². The van der Waals surface area contributed by atoms with E-state index in [4.69, 9.17) is 22.3 Å². The fourth-order valence-electron chi connectivity index (χ4n) is 3.29. The normalized spacial score (nSPS) is 21.0. The van der Waals surface area contributed by atoms with Gasteiger partial charge in [-0.25, -0.2) is 4.99 Å². The lowest BCUT2D eigenvalue weighted by Crippen LogP contribution is -2.56. The average molecular weight is 322 g/mol. The Balaban J connectivity index is 2.43. The Hall–Kier alpha value is -1.06. The SMILES string of the molecule is CCC(C)CNC1=Nc2cc(Cl)ccc2C(CC)(CC)C1N. The van der Waals surface area contributed by atoms with Gasteiger partial charge in [0.15, 0.2) is 0 Å². The van der Waals surface area contributed by atoms with Crippen molar-refractivity contribution in [2.24, 2.45) is 16.6 Å². The molecule has 2 atom stereocenters. The standard InChI is InChI=1S/C18H28ClN3/c1-5-12(4)11-21-17-16(20)18(6-2,7-3)14-9-8-13(19)10-15(14)22-17/h8-10,12,16H,5-7,11,20H2,1-4H3,(H,21,22). The Morgan fingerprint density at radius 1 is 1.32 bits per heavy atom. The van der Waals surface area contributed by atoms with Crippen molar-refractivity contribution in [3.63, 3.8) is 0 Å². The van der Waals surface area contributed by atoms with Crippen molar-refractivity contribution in [1.29, 1.82) is 0 Å². The maximum atomic E-state index is 6.63. The summed E-state index contributed by atoms with van der Waals surface area (Å²) in [6, 6.07) is 5.90. The van der Waals surface area contributed by atoms with Crippen LogP contribution in [0, 0.1) is 5.92 Å². The molecule has 0 saturated carbocycles. The van der Waals surface area contributed by atoms with Crippen LogP contribution in [0.25, 0.3) is 0 Å². The Kier molecular flexibility index (Phi) is 5.51. The minimum absolute atomic E-state index is 0.0700. The summed E-state index contributed by atoms with van der Waals surface area (Å²) in [6.07, 6.45) is 3.12. The predicted octanol–water partition coefficient (Wildman–Crippen LogP) is 4.40. The number of amidine groups is 1. The van der Waals surface area contributed by atoms with Gasteiger partial charge in [-0.2, -0.15) is 0 Å². The number of nitrogens with zero attached hydrogens (tertiary/aromatic N) is 1. The largest absolute Gasteiger partial charge is 0.372 e. The maximum absolute atomic E-state index is 6.63. The molecule has 1 aliphatic heterocycles. The molecule has 1 aromatic rings. The van der Waals surface area contributed by atoms with Gasteiger partial charge in [-0.1, -0.05) is 51.8 Å². The molecule has 0 spiro atoms. The zero-order valence-electron chi connectivity index (χ0n) is 14.1. The summed E-state index contributed by atoms with van der Waals surface area (Å²) < 4.78 is 0. The highest BCUT2D eigenvalue weighted by Gasteiger charge is 2.42. The summed E-state index contributed by atoms with van der Waals surface area (Å²) in [5.41, 5.74) is 8.75. The molecule has 122 valence electrons. The predicted molar refractivity (Wildman–Crippen MR) is 96.2 cm³/mol.